The summed E-state index contributed by atoms with van der Waals surface area (Å²) in [4.78, 5) is 2.29. The van der Waals surface area contributed by atoms with Crippen LogP contribution in [0.5, 0.6) is 0 Å². The second-order valence-corrected chi connectivity index (χ2v) is 5.48. The zero-order valence-electron chi connectivity index (χ0n) is 10.8. The van der Waals surface area contributed by atoms with Gasteiger partial charge < -0.3 is 15.0 Å². The molecule has 98 valence electrons. The number of rotatable bonds is 3. The van der Waals surface area contributed by atoms with Gasteiger partial charge in [-0.25, -0.2) is 0 Å². The molecule has 1 atom stereocenters. The van der Waals surface area contributed by atoms with Gasteiger partial charge in [0.15, 0.2) is 5.11 Å². The van der Waals surface area contributed by atoms with E-state index in [-0.39, 0.29) is 0 Å². The van der Waals surface area contributed by atoms with Crippen molar-refractivity contribution in [3.8, 4) is 0 Å². The average Bonchev–Trinajstić information content (AvgIpc) is 2.83. The Labute approximate surface area is 110 Å². The van der Waals surface area contributed by atoms with Crippen molar-refractivity contribution < 1.29 is 4.74 Å². The van der Waals surface area contributed by atoms with Gasteiger partial charge in [-0.2, -0.15) is 0 Å². The van der Waals surface area contributed by atoms with Crippen LogP contribution >= 0.6 is 12.2 Å². The third-order valence-corrected chi connectivity index (χ3v) is 4.13. The molecule has 0 radical (unpaired) electrons. The fraction of sp³-hybridized carbons (Fsp3) is 0.923. The number of likely N-dealkylation sites (tertiary alicyclic amines) is 1. The van der Waals surface area contributed by atoms with Crippen LogP contribution in [0.2, 0.25) is 0 Å². The molecule has 4 heteroatoms. The molecule has 0 amide bonds. The van der Waals surface area contributed by atoms with E-state index < -0.39 is 0 Å². The fourth-order valence-electron chi connectivity index (χ4n) is 2.83. The van der Waals surface area contributed by atoms with Gasteiger partial charge in [-0.3, -0.25) is 0 Å². The van der Waals surface area contributed by atoms with Gasteiger partial charge in [-0.05, 0) is 44.8 Å². The Morgan fingerprint density at radius 3 is 2.76 bits per heavy atom. The van der Waals surface area contributed by atoms with Crippen molar-refractivity contribution in [2.24, 2.45) is 0 Å². The molecule has 1 N–H and O–H groups in total. The van der Waals surface area contributed by atoms with Crippen molar-refractivity contribution >= 4 is 17.3 Å². The van der Waals surface area contributed by atoms with Gasteiger partial charge in [0.25, 0.3) is 0 Å². The van der Waals surface area contributed by atoms with Crippen LogP contribution in [0.15, 0.2) is 0 Å². The Morgan fingerprint density at radius 1 is 1.29 bits per heavy atom. The van der Waals surface area contributed by atoms with E-state index in [4.69, 9.17) is 17.0 Å². The molecule has 3 nitrogen and oxygen atoms in total. The van der Waals surface area contributed by atoms with Gasteiger partial charge >= 0.3 is 0 Å². The lowest BCUT2D eigenvalue weighted by molar-refractivity contribution is 0.0233. The number of hydrogen-bond donors (Lipinski definition) is 1. The normalized spacial score (nSPS) is 26.2. The summed E-state index contributed by atoms with van der Waals surface area (Å²) in [6.45, 7) is 4.92. The van der Waals surface area contributed by atoms with Crippen LogP contribution in [0.1, 0.15) is 45.4 Å². The molecule has 0 bridgehead atoms. The first-order valence-corrected chi connectivity index (χ1v) is 7.37. The predicted molar refractivity (Wildman–Crippen MR) is 74.2 cm³/mol. The summed E-state index contributed by atoms with van der Waals surface area (Å²) in [5.41, 5.74) is 0. The second-order valence-electron chi connectivity index (χ2n) is 5.10. The molecule has 1 saturated heterocycles. The standard InChI is InChI=1S/C13H24N2OS/c1-2-16-12-8-5-9-15(10-12)13(17)14-11-6-3-4-7-11/h11-12H,2-10H2,1H3,(H,14,17). The molecular weight excluding hydrogens is 232 g/mol. The van der Waals surface area contributed by atoms with E-state index in [2.05, 4.69) is 17.1 Å². The smallest absolute Gasteiger partial charge is 0.169 e. The van der Waals surface area contributed by atoms with Gasteiger partial charge in [0, 0.05) is 25.7 Å². The molecule has 1 aliphatic heterocycles. The van der Waals surface area contributed by atoms with Crippen molar-refractivity contribution in [3.63, 3.8) is 0 Å². The van der Waals surface area contributed by atoms with Crippen molar-refractivity contribution in [1.29, 1.82) is 0 Å². The number of thiocarbonyl (C=S) groups is 1. The number of ether oxygens (including phenoxy) is 1. The van der Waals surface area contributed by atoms with Crippen molar-refractivity contribution in [2.45, 2.75) is 57.6 Å². The summed E-state index contributed by atoms with van der Waals surface area (Å²) in [5, 5.41) is 4.46. The summed E-state index contributed by atoms with van der Waals surface area (Å²) >= 11 is 5.51. The molecule has 1 saturated carbocycles. The summed E-state index contributed by atoms with van der Waals surface area (Å²) in [7, 11) is 0. The molecule has 1 aliphatic carbocycles. The molecule has 0 aromatic carbocycles. The summed E-state index contributed by atoms with van der Waals surface area (Å²) < 4.78 is 5.70. The molecule has 17 heavy (non-hydrogen) atoms. The highest BCUT2D eigenvalue weighted by Crippen LogP contribution is 2.19. The minimum Gasteiger partial charge on any atom is -0.377 e. The van der Waals surface area contributed by atoms with E-state index in [0.29, 0.717) is 12.1 Å². The number of hydrogen-bond acceptors (Lipinski definition) is 2. The first kappa shape index (κ1) is 13.1. The number of nitrogens with zero attached hydrogens (tertiary/aromatic N) is 1. The Morgan fingerprint density at radius 2 is 2.06 bits per heavy atom. The molecule has 2 aliphatic rings. The first-order valence-electron chi connectivity index (χ1n) is 6.96. The zero-order chi connectivity index (χ0) is 12.1. The van der Waals surface area contributed by atoms with Crippen LogP contribution in [-0.2, 0) is 4.74 Å². The van der Waals surface area contributed by atoms with E-state index in [1.165, 1.54) is 38.5 Å². The Kier molecular flexibility index (Phi) is 5.04. The molecule has 0 spiro atoms. The fourth-order valence-corrected chi connectivity index (χ4v) is 3.16. The lowest BCUT2D eigenvalue weighted by Gasteiger charge is -2.35. The van der Waals surface area contributed by atoms with E-state index in [1.54, 1.807) is 0 Å². The van der Waals surface area contributed by atoms with E-state index in [9.17, 15) is 0 Å². The van der Waals surface area contributed by atoms with Gasteiger partial charge in [0.05, 0.1) is 6.10 Å². The lowest BCUT2D eigenvalue weighted by Crippen LogP contribution is -2.49. The third kappa shape index (κ3) is 3.81. The first-order chi connectivity index (χ1) is 8.29. The average molecular weight is 256 g/mol. The quantitative estimate of drug-likeness (QED) is 0.783. The van der Waals surface area contributed by atoms with Crippen molar-refractivity contribution in [3.05, 3.63) is 0 Å². The molecule has 2 fully saturated rings. The molecule has 2 rings (SSSR count). The van der Waals surface area contributed by atoms with Gasteiger partial charge in [-0.1, -0.05) is 12.8 Å². The molecule has 1 unspecified atom stereocenters. The SMILES string of the molecule is CCOC1CCCN(C(=S)NC2CCCC2)C1. The maximum absolute atomic E-state index is 5.70. The van der Waals surface area contributed by atoms with Crippen molar-refractivity contribution in [2.75, 3.05) is 19.7 Å². The monoisotopic (exact) mass is 256 g/mol. The van der Waals surface area contributed by atoms with Crippen LogP contribution in [0.3, 0.4) is 0 Å². The van der Waals surface area contributed by atoms with Gasteiger partial charge in [0.2, 0.25) is 0 Å². The second kappa shape index (κ2) is 6.55. The summed E-state index contributed by atoms with van der Waals surface area (Å²) in [6, 6.07) is 0.620. The maximum Gasteiger partial charge on any atom is 0.169 e. The molecule has 0 aromatic heterocycles. The van der Waals surface area contributed by atoms with Crippen LogP contribution in [0.4, 0.5) is 0 Å². The van der Waals surface area contributed by atoms with Gasteiger partial charge in [0.1, 0.15) is 0 Å². The van der Waals surface area contributed by atoms with Gasteiger partial charge in [-0.15, -0.1) is 0 Å². The Bertz CT molecular complexity index is 252. The Balaban J connectivity index is 1.77. The Hall–Kier alpha value is -0.350. The van der Waals surface area contributed by atoms with E-state index >= 15 is 0 Å². The predicted octanol–water partition coefficient (Wildman–Crippen LogP) is 2.30. The minimum absolute atomic E-state index is 0.372. The zero-order valence-corrected chi connectivity index (χ0v) is 11.6. The topological polar surface area (TPSA) is 24.5 Å². The highest BCUT2D eigenvalue weighted by Gasteiger charge is 2.24. The van der Waals surface area contributed by atoms with Crippen LogP contribution < -0.4 is 5.32 Å². The van der Waals surface area contributed by atoms with Crippen LogP contribution in [0.25, 0.3) is 0 Å². The van der Waals surface area contributed by atoms with E-state index in [0.717, 1.165) is 24.8 Å². The van der Waals surface area contributed by atoms with E-state index in [1.807, 2.05) is 0 Å². The highest BCUT2D eigenvalue weighted by molar-refractivity contribution is 7.80. The van der Waals surface area contributed by atoms with Crippen LogP contribution in [0, 0.1) is 0 Å². The lowest BCUT2D eigenvalue weighted by atomic mass is 10.1. The van der Waals surface area contributed by atoms with Crippen molar-refractivity contribution in [1.82, 2.24) is 10.2 Å². The summed E-state index contributed by atoms with van der Waals surface area (Å²) in [6.07, 6.45) is 8.00. The highest BCUT2D eigenvalue weighted by atomic mass is 32.1. The number of nitrogens with one attached hydrogen (secondary N) is 1. The molecular formula is C13H24N2OS. The maximum atomic E-state index is 5.70. The molecule has 0 aromatic rings. The largest absolute Gasteiger partial charge is 0.377 e. The number of piperidine rings is 1. The molecule has 1 heterocycles. The summed E-state index contributed by atoms with van der Waals surface area (Å²) in [5.74, 6) is 0. The minimum atomic E-state index is 0.372. The van der Waals surface area contributed by atoms with Crippen LogP contribution in [-0.4, -0.2) is 41.9 Å². The third-order valence-electron chi connectivity index (χ3n) is 3.75.